The number of amidine groups is 1. The van der Waals surface area contributed by atoms with Crippen LogP contribution in [0.5, 0.6) is 0 Å². The predicted octanol–water partition coefficient (Wildman–Crippen LogP) is 0.249. The maximum absolute atomic E-state index is 12.2. The molecule has 1 heterocycles. The zero-order valence-corrected chi connectivity index (χ0v) is 12.0. The Hall–Kier alpha value is -1.50. The molecule has 0 saturated carbocycles. The van der Waals surface area contributed by atoms with Crippen LogP contribution in [0.25, 0.3) is 0 Å². The van der Waals surface area contributed by atoms with Crippen molar-refractivity contribution >= 4 is 11.9 Å². The molecule has 110 valence electrons. The minimum atomic E-state index is -0.735. The van der Waals surface area contributed by atoms with Gasteiger partial charge >= 0.3 is 6.03 Å². The molecule has 1 aliphatic heterocycles. The fourth-order valence-corrected chi connectivity index (χ4v) is 2.34. The summed E-state index contributed by atoms with van der Waals surface area (Å²) in [6.07, 6.45) is 1.29. The minimum absolute atomic E-state index is 0.0844. The topological polar surface area (TPSA) is 94.2 Å². The highest BCUT2D eigenvalue weighted by atomic mass is 16.4. The molecule has 0 aliphatic carbocycles. The first kappa shape index (κ1) is 15.6. The van der Waals surface area contributed by atoms with Gasteiger partial charge in [0, 0.05) is 26.2 Å². The number of likely N-dealkylation sites (tertiary alicyclic amines) is 1. The molecule has 1 aliphatic rings. The zero-order valence-electron chi connectivity index (χ0n) is 12.0. The van der Waals surface area contributed by atoms with Gasteiger partial charge in [-0.2, -0.15) is 0 Å². The number of hydrogen-bond acceptors (Lipinski definition) is 4. The largest absolute Gasteiger partial charge is 0.409 e. The molecule has 19 heavy (non-hydrogen) atoms. The van der Waals surface area contributed by atoms with E-state index in [4.69, 9.17) is 10.9 Å². The summed E-state index contributed by atoms with van der Waals surface area (Å²) in [5.74, 6) is 0.0844. The van der Waals surface area contributed by atoms with E-state index >= 15 is 0 Å². The fourth-order valence-electron chi connectivity index (χ4n) is 2.34. The lowest BCUT2D eigenvalue weighted by atomic mass is 9.86. The second-order valence-corrected chi connectivity index (χ2v) is 4.97. The Kier molecular flexibility index (Phi) is 5.41. The lowest BCUT2D eigenvalue weighted by Crippen LogP contribution is -2.63. The van der Waals surface area contributed by atoms with Crippen molar-refractivity contribution in [3.05, 3.63) is 0 Å². The number of carbonyl (C=O) groups excluding carboxylic acids is 1. The molecule has 1 fully saturated rings. The summed E-state index contributed by atoms with van der Waals surface area (Å²) in [5.41, 5.74) is 5.07. The van der Waals surface area contributed by atoms with E-state index in [-0.39, 0.29) is 11.9 Å². The van der Waals surface area contributed by atoms with Crippen LogP contribution < -0.4 is 11.1 Å². The Morgan fingerprint density at radius 3 is 2.37 bits per heavy atom. The SMILES string of the molecule is CCN(CC)C(=O)NC1(C(N)=NO)CCN(C)CC1. The van der Waals surface area contributed by atoms with Gasteiger partial charge in [0.2, 0.25) is 0 Å². The summed E-state index contributed by atoms with van der Waals surface area (Å²) in [6, 6.07) is -0.166. The van der Waals surface area contributed by atoms with Gasteiger partial charge in [-0.3, -0.25) is 0 Å². The van der Waals surface area contributed by atoms with Gasteiger partial charge in [-0.1, -0.05) is 5.16 Å². The summed E-state index contributed by atoms with van der Waals surface area (Å²) >= 11 is 0. The quantitative estimate of drug-likeness (QED) is 0.296. The molecular weight excluding hydrogens is 246 g/mol. The summed E-state index contributed by atoms with van der Waals surface area (Å²) in [5, 5.41) is 15.0. The Morgan fingerprint density at radius 2 is 1.95 bits per heavy atom. The van der Waals surface area contributed by atoms with Gasteiger partial charge in [-0.15, -0.1) is 0 Å². The molecule has 0 spiro atoms. The van der Waals surface area contributed by atoms with Crippen LogP contribution in [0.2, 0.25) is 0 Å². The third-order valence-electron chi connectivity index (χ3n) is 3.84. The summed E-state index contributed by atoms with van der Waals surface area (Å²) in [7, 11) is 2.02. The normalized spacial score (nSPS) is 20.1. The number of rotatable bonds is 4. The number of nitrogens with zero attached hydrogens (tertiary/aromatic N) is 3. The van der Waals surface area contributed by atoms with E-state index in [0.717, 1.165) is 13.1 Å². The van der Waals surface area contributed by atoms with Gasteiger partial charge in [-0.05, 0) is 33.7 Å². The van der Waals surface area contributed by atoms with E-state index in [1.807, 2.05) is 20.9 Å². The summed E-state index contributed by atoms with van der Waals surface area (Å²) in [6.45, 7) is 6.72. The minimum Gasteiger partial charge on any atom is -0.409 e. The monoisotopic (exact) mass is 271 g/mol. The van der Waals surface area contributed by atoms with Crippen molar-refractivity contribution in [1.29, 1.82) is 0 Å². The van der Waals surface area contributed by atoms with Gasteiger partial charge in [0.15, 0.2) is 5.84 Å². The van der Waals surface area contributed by atoms with Gasteiger partial charge in [0.1, 0.15) is 5.54 Å². The molecule has 0 aromatic carbocycles. The molecule has 0 radical (unpaired) electrons. The highest BCUT2D eigenvalue weighted by Gasteiger charge is 2.40. The zero-order chi connectivity index (χ0) is 14.5. The van der Waals surface area contributed by atoms with E-state index in [2.05, 4.69) is 15.4 Å². The molecule has 0 unspecified atom stereocenters. The first-order valence-electron chi connectivity index (χ1n) is 6.72. The van der Waals surface area contributed by atoms with Gasteiger partial charge < -0.3 is 26.1 Å². The number of carbonyl (C=O) groups is 1. The van der Waals surface area contributed by atoms with Crippen LogP contribution in [0.1, 0.15) is 26.7 Å². The maximum Gasteiger partial charge on any atom is 0.318 e. The highest BCUT2D eigenvalue weighted by molar-refractivity contribution is 5.93. The molecule has 2 amide bonds. The van der Waals surface area contributed by atoms with Gasteiger partial charge in [-0.25, -0.2) is 4.79 Å². The maximum atomic E-state index is 12.2. The van der Waals surface area contributed by atoms with Crippen molar-refractivity contribution in [3.63, 3.8) is 0 Å². The van der Waals surface area contributed by atoms with Crippen molar-refractivity contribution in [1.82, 2.24) is 15.1 Å². The van der Waals surface area contributed by atoms with Crippen LogP contribution in [0.4, 0.5) is 4.79 Å². The van der Waals surface area contributed by atoms with E-state index in [9.17, 15) is 4.79 Å². The van der Waals surface area contributed by atoms with Crippen molar-refractivity contribution in [2.24, 2.45) is 10.9 Å². The fraction of sp³-hybridized carbons (Fsp3) is 0.833. The van der Waals surface area contributed by atoms with Crippen molar-refractivity contribution in [2.75, 3.05) is 33.2 Å². The molecule has 0 aromatic heterocycles. The highest BCUT2D eigenvalue weighted by Crippen LogP contribution is 2.22. The van der Waals surface area contributed by atoms with Gasteiger partial charge in [0.25, 0.3) is 0 Å². The number of amides is 2. The lowest BCUT2D eigenvalue weighted by Gasteiger charge is -2.41. The van der Waals surface area contributed by atoms with Crippen LogP contribution >= 0.6 is 0 Å². The number of nitrogens with two attached hydrogens (primary N) is 1. The van der Waals surface area contributed by atoms with Crippen molar-refractivity contribution in [2.45, 2.75) is 32.2 Å². The molecule has 7 heteroatoms. The van der Waals surface area contributed by atoms with E-state index in [1.165, 1.54) is 0 Å². The Morgan fingerprint density at radius 1 is 1.42 bits per heavy atom. The Balaban J connectivity index is 2.84. The van der Waals surface area contributed by atoms with E-state index in [1.54, 1.807) is 4.90 Å². The molecular formula is C12H25N5O2. The molecule has 0 aromatic rings. The van der Waals surface area contributed by atoms with E-state index < -0.39 is 5.54 Å². The lowest BCUT2D eigenvalue weighted by molar-refractivity contribution is 0.168. The summed E-state index contributed by atoms with van der Waals surface area (Å²) < 4.78 is 0. The Labute approximate surface area is 114 Å². The third kappa shape index (κ3) is 3.50. The molecule has 1 saturated heterocycles. The van der Waals surface area contributed by atoms with Crippen molar-refractivity contribution in [3.8, 4) is 0 Å². The average Bonchev–Trinajstić information content (AvgIpc) is 2.42. The number of piperidine rings is 1. The second-order valence-electron chi connectivity index (χ2n) is 4.97. The first-order chi connectivity index (χ1) is 8.99. The number of urea groups is 1. The molecule has 7 nitrogen and oxygen atoms in total. The number of hydrogen-bond donors (Lipinski definition) is 3. The summed E-state index contributed by atoms with van der Waals surface area (Å²) in [4.78, 5) is 16.0. The smallest absolute Gasteiger partial charge is 0.318 e. The van der Waals surface area contributed by atoms with Crippen LogP contribution in [0, 0.1) is 0 Å². The standard InChI is InChI=1S/C12H25N5O2/c1-4-17(5-2)11(18)14-12(10(13)15-19)6-8-16(3)9-7-12/h19H,4-9H2,1-3H3,(H2,13,15)(H,14,18). The van der Waals surface area contributed by atoms with Crippen LogP contribution in [-0.2, 0) is 0 Å². The molecule has 0 bridgehead atoms. The molecule has 1 rings (SSSR count). The number of nitrogens with one attached hydrogen (secondary N) is 1. The Bertz CT molecular complexity index is 333. The van der Waals surface area contributed by atoms with Crippen LogP contribution in [0.3, 0.4) is 0 Å². The molecule has 0 atom stereocenters. The second kappa shape index (κ2) is 6.60. The van der Waals surface area contributed by atoms with Crippen LogP contribution in [0.15, 0.2) is 5.16 Å². The number of oxime groups is 1. The average molecular weight is 271 g/mol. The van der Waals surface area contributed by atoms with Crippen molar-refractivity contribution < 1.29 is 10.0 Å². The van der Waals surface area contributed by atoms with Gasteiger partial charge in [0.05, 0.1) is 0 Å². The predicted molar refractivity (Wildman–Crippen MR) is 74.3 cm³/mol. The first-order valence-corrected chi connectivity index (χ1v) is 6.72. The van der Waals surface area contributed by atoms with E-state index in [0.29, 0.717) is 25.9 Å². The molecule has 4 N–H and O–H groups in total. The third-order valence-corrected chi connectivity index (χ3v) is 3.84. The van der Waals surface area contributed by atoms with Crippen LogP contribution in [-0.4, -0.2) is 65.6 Å².